The van der Waals surface area contributed by atoms with Crippen LogP contribution in [0.2, 0.25) is 0 Å². The van der Waals surface area contributed by atoms with Crippen LogP contribution in [0.25, 0.3) is 0 Å². The van der Waals surface area contributed by atoms with Gasteiger partial charge in [0.25, 0.3) is 0 Å². The van der Waals surface area contributed by atoms with Crippen molar-refractivity contribution in [2.75, 3.05) is 7.11 Å². The van der Waals surface area contributed by atoms with Crippen molar-refractivity contribution in [2.45, 2.75) is 32.3 Å². The normalized spacial score (nSPS) is 10.9. The van der Waals surface area contributed by atoms with Gasteiger partial charge in [0.05, 0.1) is 7.11 Å². The van der Waals surface area contributed by atoms with Gasteiger partial charge in [-0.2, -0.15) is 5.10 Å². The van der Waals surface area contributed by atoms with E-state index in [4.69, 9.17) is 9.47 Å². The van der Waals surface area contributed by atoms with Gasteiger partial charge in [-0.05, 0) is 12.0 Å². The van der Waals surface area contributed by atoms with Crippen LogP contribution in [-0.4, -0.2) is 21.9 Å². The SMILES string of the molecule is COc1ccc(CBr)c(OCc2ncnn2CC(C)C)c1. The standard InChI is InChI=1S/C15H20BrN3O2/c1-11(2)8-19-15(17-10-18-19)9-21-14-6-13(20-3)5-4-12(14)7-16/h4-6,10-11H,7-9H2,1-3H3. The van der Waals surface area contributed by atoms with Crippen molar-refractivity contribution in [3.05, 3.63) is 35.9 Å². The second-order valence-electron chi connectivity index (χ2n) is 5.15. The molecule has 1 aromatic heterocycles. The van der Waals surface area contributed by atoms with Gasteiger partial charge in [-0.3, -0.25) is 0 Å². The van der Waals surface area contributed by atoms with E-state index in [2.05, 4.69) is 39.9 Å². The van der Waals surface area contributed by atoms with E-state index in [1.807, 2.05) is 22.9 Å². The van der Waals surface area contributed by atoms with Crippen LogP contribution < -0.4 is 9.47 Å². The maximum atomic E-state index is 5.90. The van der Waals surface area contributed by atoms with Crippen LogP contribution in [0.1, 0.15) is 25.2 Å². The minimum Gasteiger partial charge on any atom is -0.497 e. The van der Waals surface area contributed by atoms with Gasteiger partial charge >= 0.3 is 0 Å². The Bertz CT molecular complexity index is 584. The fourth-order valence-electron chi connectivity index (χ4n) is 1.95. The number of hydrogen-bond acceptors (Lipinski definition) is 4. The summed E-state index contributed by atoms with van der Waals surface area (Å²) in [5.41, 5.74) is 1.07. The quantitative estimate of drug-likeness (QED) is 0.715. The summed E-state index contributed by atoms with van der Waals surface area (Å²) < 4.78 is 13.0. The molecular weight excluding hydrogens is 334 g/mol. The molecule has 0 unspecified atom stereocenters. The summed E-state index contributed by atoms with van der Waals surface area (Å²) in [5.74, 6) is 2.91. The first-order chi connectivity index (χ1) is 10.1. The Morgan fingerprint density at radius 3 is 2.81 bits per heavy atom. The minimum atomic E-state index is 0.389. The Morgan fingerprint density at radius 1 is 1.33 bits per heavy atom. The lowest BCUT2D eigenvalue weighted by Crippen LogP contribution is -2.12. The molecule has 2 rings (SSSR count). The number of aromatic nitrogens is 3. The lowest BCUT2D eigenvalue weighted by Gasteiger charge is -2.13. The monoisotopic (exact) mass is 353 g/mol. The Balaban J connectivity index is 2.11. The third-order valence-electron chi connectivity index (χ3n) is 3.01. The second kappa shape index (κ2) is 7.45. The van der Waals surface area contributed by atoms with E-state index < -0.39 is 0 Å². The Labute approximate surface area is 133 Å². The van der Waals surface area contributed by atoms with Gasteiger partial charge in [-0.15, -0.1) is 0 Å². The van der Waals surface area contributed by atoms with E-state index in [0.29, 0.717) is 12.5 Å². The lowest BCUT2D eigenvalue weighted by molar-refractivity contribution is 0.279. The van der Waals surface area contributed by atoms with Gasteiger partial charge in [0.2, 0.25) is 0 Å². The van der Waals surface area contributed by atoms with E-state index in [-0.39, 0.29) is 0 Å². The molecule has 1 heterocycles. The summed E-state index contributed by atoms with van der Waals surface area (Å²) in [7, 11) is 1.65. The molecule has 2 aromatic rings. The zero-order valence-corrected chi connectivity index (χ0v) is 14.1. The highest BCUT2D eigenvalue weighted by atomic mass is 79.9. The molecule has 0 bridgehead atoms. The third kappa shape index (κ3) is 4.20. The van der Waals surface area contributed by atoms with E-state index in [1.165, 1.54) is 0 Å². The van der Waals surface area contributed by atoms with E-state index in [0.717, 1.165) is 34.8 Å². The van der Waals surface area contributed by atoms with Crippen molar-refractivity contribution < 1.29 is 9.47 Å². The predicted octanol–water partition coefficient (Wildman–Crippen LogP) is 3.42. The number of hydrogen-bond donors (Lipinski definition) is 0. The molecule has 0 aliphatic carbocycles. The zero-order chi connectivity index (χ0) is 15.2. The summed E-state index contributed by atoms with van der Waals surface area (Å²) in [5, 5.41) is 4.96. The molecule has 21 heavy (non-hydrogen) atoms. The average Bonchev–Trinajstić information content (AvgIpc) is 2.91. The summed E-state index contributed by atoms with van der Waals surface area (Å²) in [4.78, 5) is 4.27. The molecule has 0 saturated heterocycles. The van der Waals surface area contributed by atoms with E-state index in [1.54, 1.807) is 13.4 Å². The molecule has 0 N–H and O–H groups in total. The van der Waals surface area contributed by atoms with Crippen LogP contribution in [-0.2, 0) is 18.5 Å². The van der Waals surface area contributed by atoms with Crippen molar-refractivity contribution in [1.82, 2.24) is 14.8 Å². The maximum Gasteiger partial charge on any atom is 0.164 e. The molecule has 114 valence electrons. The van der Waals surface area contributed by atoms with Gasteiger partial charge < -0.3 is 9.47 Å². The van der Waals surface area contributed by atoms with Crippen molar-refractivity contribution in [1.29, 1.82) is 0 Å². The minimum absolute atomic E-state index is 0.389. The van der Waals surface area contributed by atoms with Gasteiger partial charge in [-0.25, -0.2) is 9.67 Å². The van der Waals surface area contributed by atoms with Gasteiger partial charge in [-0.1, -0.05) is 35.8 Å². The van der Waals surface area contributed by atoms with Crippen LogP contribution in [0.3, 0.4) is 0 Å². The Kier molecular flexibility index (Phi) is 5.61. The number of ether oxygens (including phenoxy) is 2. The summed E-state index contributed by atoms with van der Waals surface area (Å²) >= 11 is 3.47. The lowest BCUT2D eigenvalue weighted by atomic mass is 10.2. The molecule has 0 spiro atoms. The predicted molar refractivity (Wildman–Crippen MR) is 84.8 cm³/mol. The molecule has 0 amide bonds. The fraction of sp³-hybridized carbons (Fsp3) is 0.467. The first-order valence-electron chi connectivity index (χ1n) is 6.86. The van der Waals surface area contributed by atoms with Crippen LogP contribution in [0.4, 0.5) is 0 Å². The van der Waals surface area contributed by atoms with Crippen molar-refractivity contribution in [3.8, 4) is 11.5 Å². The number of rotatable bonds is 7. The molecule has 0 atom stereocenters. The number of methoxy groups -OCH3 is 1. The molecule has 0 saturated carbocycles. The fourth-order valence-corrected chi connectivity index (χ4v) is 2.41. The summed E-state index contributed by atoms with van der Waals surface area (Å²) in [6, 6.07) is 5.80. The Hall–Kier alpha value is -1.56. The topological polar surface area (TPSA) is 49.2 Å². The highest BCUT2D eigenvalue weighted by molar-refractivity contribution is 9.08. The zero-order valence-electron chi connectivity index (χ0n) is 12.5. The first-order valence-corrected chi connectivity index (χ1v) is 7.98. The molecule has 0 aliphatic rings. The van der Waals surface area contributed by atoms with E-state index in [9.17, 15) is 0 Å². The summed E-state index contributed by atoms with van der Waals surface area (Å²) in [6.45, 7) is 5.52. The molecule has 0 aliphatic heterocycles. The van der Waals surface area contributed by atoms with Crippen LogP contribution >= 0.6 is 15.9 Å². The van der Waals surface area contributed by atoms with Crippen molar-refractivity contribution in [2.24, 2.45) is 5.92 Å². The van der Waals surface area contributed by atoms with Gasteiger partial charge in [0.1, 0.15) is 24.4 Å². The number of alkyl halides is 1. The molecule has 5 nitrogen and oxygen atoms in total. The first kappa shape index (κ1) is 15.8. The largest absolute Gasteiger partial charge is 0.497 e. The van der Waals surface area contributed by atoms with Gasteiger partial charge in [0.15, 0.2) is 5.82 Å². The second-order valence-corrected chi connectivity index (χ2v) is 5.71. The summed E-state index contributed by atoms with van der Waals surface area (Å²) in [6.07, 6.45) is 1.57. The highest BCUT2D eigenvalue weighted by Crippen LogP contribution is 2.27. The average molecular weight is 354 g/mol. The molecule has 1 aromatic carbocycles. The third-order valence-corrected chi connectivity index (χ3v) is 3.61. The molecule has 0 fully saturated rings. The van der Waals surface area contributed by atoms with E-state index >= 15 is 0 Å². The van der Waals surface area contributed by atoms with Crippen LogP contribution in [0.5, 0.6) is 11.5 Å². The molecular formula is C15H20BrN3O2. The van der Waals surface area contributed by atoms with Crippen molar-refractivity contribution in [3.63, 3.8) is 0 Å². The van der Waals surface area contributed by atoms with Gasteiger partial charge in [0, 0.05) is 23.5 Å². The number of nitrogens with zero attached hydrogens (tertiary/aromatic N) is 3. The van der Waals surface area contributed by atoms with Crippen molar-refractivity contribution >= 4 is 15.9 Å². The van der Waals surface area contributed by atoms with Crippen LogP contribution in [0.15, 0.2) is 24.5 Å². The maximum absolute atomic E-state index is 5.90. The number of benzene rings is 1. The smallest absolute Gasteiger partial charge is 0.164 e. The molecule has 0 radical (unpaired) electrons. The number of halogens is 1. The molecule has 6 heteroatoms. The van der Waals surface area contributed by atoms with Crippen LogP contribution in [0, 0.1) is 5.92 Å². The Morgan fingerprint density at radius 2 is 2.14 bits per heavy atom. The highest BCUT2D eigenvalue weighted by Gasteiger charge is 2.10.